The number of carbonyl (C=O) groups is 1. The van der Waals surface area contributed by atoms with Crippen LogP contribution < -0.4 is 5.73 Å². The van der Waals surface area contributed by atoms with Gasteiger partial charge in [0, 0.05) is 23.6 Å². The third-order valence-electron chi connectivity index (χ3n) is 3.88. The SMILES string of the molecule is CC1SCCN(C(=O)C(N)Cc2ccc(O)cc2)C1C. The first-order chi connectivity index (χ1) is 9.49. The summed E-state index contributed by atoms with van der Waals surface area (Å²) in [6, 6.07) is 6.56. The average Bonchev–Trinajstić information content (AvgIpc) is 2.43. The molecule has 2 rings (SSSR count). The molecule has 110 valence electrons. The van der Waals surface area contributed by atoms with Crippen LogP contribution in [0.25, 0.3) is 0 Å². The summed E-state index contributed by atoms with van der Waals surface area (Å²) in [6.07, 6.45) is 0.504. The number of phenols is 1. The Hall–Kier alpha value is -1.20. The predicted molar refractivity (Wildman–Crippen MR) is 82.9 cm³/mol. The summed E-state index contributed by atoms with van der Waals surface area (Å²) in [5.74, 6) is 1.23. The first-order valence-electron chi connectivity index (χ1n) is 6.94. The van der Waals surface area contributed by atoms with Gasteiger partial charge in [0.2, 0.25) is 5.91 Å². The number of aromatic hydroxyl groups is 1. The van der Waals surface area contributed by atoms with Crippen LogP contribution >= 0.6 is 11.8 Å². The minimum Gasteiger partial charge on any atom is -0.508 e. The van der Waals surface area contributed by atoms with Crippen LogP contribution in [0, 0.1) is 0 Å². The zero-order valence-corrected chi connectivity index (χ0v) is 12.8. The molecule has 1 heterocycles. The van der Waals surface area contributed by atoms with Crippen LogP contribution in [0.15, 0.2) is 24.3 Å². The molecule has 0 saturated carbocycles. The van der Waals surface area contributed by atoms with Gasteiger partial charge in [-0.25, -0.2) is 0 Å². The highest BCUT2D eigenvalue weighted by Crippen LogP contribution is 2.24. The smallest absolute Gasteiger partial charge is 0.240 e. The van der Waals surface area contributed by atoms with Crippen LogP contribution in [0.4, 0.5) is 0 Å². The molecule has 0 bridgehead atoms. The Labute approximate surface area is 124 Å². The lowest BCUT2D eigenvalue weighted by Gasteiger charge is -2.38. The molecule has 0 aromatic heterocycles. The summed E-state index contributed by atoms with van der Waals surface area (Å²) >= 11 is 1.90. The Morgan fingerprint density at radius 2 is 2.10 bits per heavy atom. The van der Waals surface area contributed by atoms with E-state index in [0.29, 0.717) is 11.7 Å². The number of thioether (sulfide) groups is 1. The van der Waals surface area contributed by atoms with E-state index in [-0.39, 0.29) is 17.7 Å². The monoisotopic (exact) mass is 294 g/mol. The molecule has 0 spiro atoms. The fraction of sp³-hybridized carbons (Fsp3) is 0.533. The van der Waals surface area contributed by atoms with Crippen LogP contribution in [-0.4, -0.2) is 45.5 Å². The maximum absolute atomic E-state index is 12.5. The van der Waals surface area contributed by atoms with Gasteiger partial charge >= 0.3 is 0 Å². The lowest BCUT2D eigenvalue weighted by molar-refractivity contribution is -0.134. The number of carbonyl (C=O) groups excluding carboxylic acids is 1. The lowest BCUT2D eigenvalue weighted by Crippen LogP contribution is -2.54. The maximum atomic E-state index is 12.5. The predicted octanol–water partition coefficient (Wildman–Crippen LogP) is 1.61. The second kappa shape index (κ2) is 6.50. The van der Waals surface area contributed by atoms with Crippen LogP contribution in [0.3, 0.4) is 0 Å². The van der Waals surface area contributed by atoms with Gasteiger partial charge in [0.25, 0.3) is 0 Å². The van der Waals surface area contributed by atoms with Crippen molar-refractivity contribution in [3.8, 4) is 5.75 Å². The zero-order valence-electron chi connectivity index (χ0n) is 12.0. The summed E-state index contributed by atoms with van der Waals surface area (Å²) in [6.45, 7) is 5.01. The minimum absolute atomic E-state index is 0.0257. The molecule has 1 aromatic rings. The third kappa shape index (κ3) is 3.46. The van der Waals surface area contributed by atoms with Crippen LogP contribution in [0.5, 0.6) is 5.75 Å². The molecule has 0 aliphatic carbocycles. The Balaban J connectivity index is 1.99. The van der Waals surface area contributed by atoms with Gasteiger partial charge < -0.3 is 15.7 Å². The summed E-state index contributed by atoms with van der Waals surface area (Å²) < 4.78 is 0. The van der Waals surface area contributed by atoms with Gasteiger partial charge in [-0.15, -0.1) is 0 Å². The van der Waals surface area contributed by atoms with Crippen molar-refractivity contribution in [1.29, 1.82) is 0 Å². The van der Waals surface area contributed by atoms with E-state index in [1.807, 2.05) is 16.7 Å². The van der Waals surface area contributed by atoms with E-state index < -0.39 is 6.04 Å². The number of amides is 1. The second-order valence-electron chi connectivity index (χ2n) is 5.33. The highest BCUT2D eigenvalue weighted by molar-refractivity contribution is 8.00. The van der Waals surface area contributed by atoms with E-state index in [2.05, 4.69) is 13.8 Å². The number of hydrogen-bond donors (Lipinski definition) is 2. The maximum Gasteiger partial charge on any atom is 0.240 e. The number of benzene rings is 1. The summed E-state index contributed by atoms with van der Waals surface area (Å²) in [4.78, 5) is 14.4. The van der Waals surface area contributed by atoms with Gasteiger partial charge in [-0.1, -0.05) is 19.1 Å². The van der Waals surface area contributed by atoms with E-state index in [1.54, 1.807) is 24.3 Å². The fourth-order valence-corrected chi connectivity index (χ4v) is 3.53. The van der Waals surface area contributed by atoms with Gasteiger partial charge in [0.15, 0.2) is 0 Å². The largest absolute Gasteiger partial charge is 0.508 e. The molecule has 0 radical (unpaired) electrons. The van der Waals surface area contributed by atoms with Gasteiger partial charge in [-0.05, 0) is 31.0 Å². The molecule has 1 fully saturated rings. The van der Waals surface area contributed by atoms with Gasteiger partial charge in [0.1, 0.15) is 5.75 Å². The van der Waals surface area contributed by atoms with E-state index in [1.165, 1.54) is 0 Å². The Morgan fingerprint density at radius 3 is 2.75 bits per heavy atom. The van der Waals surface area contributed by atoms with Gasteiger partial charge in [0.05, 0.1) is 6.04 Å². The topological polar surface area (TPSA) is 66.6 Å². The molecule has 1 aromatic carbocycles. The molecular weight excluding hydrogens is 272 g/mol. The van der Waals surface area contributed by atoms with Crippen molar-refractivity contribution in [2.75, 3.05) is 12.3 Å². The molecule has 3 atom stereocenters. The number of nitrogens with two attached hydrogens (primary N) is 1. The van der Waals surface area contributed by atoms with Crippen molar-refractivity contribution in [3.63, 3.8) is 0 Å². The van der Waals surface area contributed by atoms with E-state index in [9.17, 15) is 9.90 Å². The summed E-state index contributed by atoms with van der Waals surface area (Å²) in [7, 11) is 0. The van der Waals surface area contributed by atoms with Crippen molar-refractivity contribution in [2.24, 2.45) is 5.73 Å². The molecule has 1 aliphatic rings. The highest BCUT2D eigenvalue weighted by Gasteiger charge is 2.31. The van der Waals surface area contributed by atoms with Crippen LogP contribution in [-0.2, 0) is 11.2 Å². The average molecular weight is 294 g/mol. The van der Waals surface area contributed by atoms with Gasteiger partial charge in [-0.2, -0.15) is 11.8 Å². The molecule has 4 nitrogen and oxygen atoms in total. The summed E-state index contributed by atoms with van der Waals surface area (Å²) in [5.41, 5.74) is 7.03. The minimum atomic E-state index is -0.516. The van der Waals surface area contributed by atoms with Gasteiger partial charge in [-0.3, -0.25) is 4.79 Å². The van der Waals surface area contributed by atoms with Crippen molar-refractivity contribution in [1.82, 2.24) is 4.90 Å². The van der Waals surface area contributed by atoms with E-state index >= 15 is 0 Å². The molecular formula is C15H22N2O2S. The molecule has 5 heteroatoms. The summed E-state index contributed by atoms with van der Waals surface area (Å²) in [5, 5.41) is 9.71. The van der Waals surface area contributed by atoms with Crippen molar-refractivity contribution >= 4 is 17.7 Å². The number of rotatable bonds is 3. The Kier molecular flexibility index (Phi) is 4.94. The normalized spacial score (nSPS) is 24.4. The van der Waals surface area contributed by atoms with Crippen LogP contribution in [0.1, 0.15) is 19.4 Å². The lowest BCUT2D eigenvalue weighted by atomic mass is 10.0. The first-order valence-corrected chi connectivity index (χ1v) is 7.99. The highest BCUT2D eigenvalue weighted by atomic mass is 32.2. The Bertz CT molecular complexity index is 463. The van der Waals surface area contributed by atoms with E-state index in [4.69, 9.17) is 5.73 Å². The Morgan fingerprint density at radius 1 is 1.45 bits per heavy atom. The molecule has 1 aliphatic heterocycles. The number of nitrogens with zero attached hydrogens (tertiary/aromatic N) is 1. The molecule has 1 saturated heterocycles. The fourth-order valence-electron chi connectivity index (χ4n) is 2.43. The number of hydrogen-bond acceptors (Lipinski definition) is 4. The van der Waals surface area contributed by atoms with Crippen molar-refractivity contribution < 1.29 is 9.90 Å². The molecule has 20 heavy (non-hydrogen) atoms. The third-order valence-corrected chi connectivity index (χ3v) is 5.21. The first kappa shape index (κ1) is 15.2. The molecule has 3 N–H and O–H groups in total. The zero-order chi connectivity index (χ0) is 14.7. The molecule has 3 unspecified atom stereocenters. The van der Waals surface area contributed by atoms with Crippen LogP contribution in [0.2, 0.25) is 0 Å². The standard InChI is InChI=1S/C15H22N2O2S/c1-10-11(2)20-8-7-17(10)15(19)14(16)9-12-3-5-13(18)6-4-12/h3-6,10-11,14,18H,7-9,16H2,1-2H3. The molecule has 1 amide bonds. The van der Waals surface area contributed by atoms with Crippen molar-refractivity contribution in [3.05, 3.63) is 29.8 Å². The van der Waals surface area contributed by atoms with Crippen molar-refractivity contribution in [2.45, 2.75) is 37.6 Å². The van der Waals surface area contributed by atoms with E-state index in [0.717, 1.165) is 17.9 Å². The second-order valence-corrected chi connectivity index (χ2v) is 6.81. The quantitative estimate of drug-likeness (QED) is 0.889. The number of phenolic OH excluding ortho intramolecular Hbond substituents is 1.